The minimum atomic E-state index is -0.0291. The number of nitrogens with one attached hydrogen (secondary N) is 1. The molecule has 6 nitrogen and oxygen atoms in total. The van der Waals surface area contributed by atoms with Crippen LogP contribution in [0, 0.1) is 6.92 Å². The highest BCUT2D eigenvalue weighted by molar-refractivity contribution is 14.0. The molecule has 0 saturated carbocycles. The maximum atomic E-state index is 5.69. The first kappa shape index (κ1) is 23.7. The topological polar surface area (TPSA) is 55.3 Å². The summed E-state index contributed by atoms with van der Waals surface area (Å²) in [4.78, 5) is 6.71. The van der Waals surface area contributed by atoms with Crippen LogP contribution in [0.25, 0.3) is 0 Å². The standard InChI is InChI=1S/C24H31N3O3.HI/c1-18-6-4-5-7-19(18)15-27(3)23(25-2)26-16-24(10-12-28-13-11-24)20-8-9-21-22(14-20)30-17-29-21;/h4-9,14H,10-13,15-17H2,1-3H3,(H,25,26);1H. The van der Waals surface area contributed by atoms with Crippen molar-refractivity contribution >= 4 is 29.9 Å². The van der Waals surface area contributed by atoms with Gasteiger partial charge in [-0.15, -0.1) is 24.0 Å². The van der Waals surface area contributed by atoms with Gasteiger partial charge in [0.25, 0.3) is 0 Å². The predicted octanol–water partition coefficient (Wildman–Crippen LogP) is 4.10. The van der Waals surface area contributed by atoms with Crippen LogP contribution in [0.1, 0.15) is 29.5 Å². The first-order valence-corrected chi connectivity index (χ1v) is 10.6. The van der Waals surface area contributed by atoms with Gasteiger partial charge >= 0.3 is 0 Å². The highest BCUT2D eigenvalue weighted by Gasteiger charge is 2.36. The fourth-order valence-corrected chi connectivity index (χ4v) is 4.31. The van der Waals surface area contributed by atoms with Crippen molar-refractivity contribution < 1.29 is 14.2 Å². The van der Waals surface area contributed by atoms with E-state index in [1.54, 1.807) is 0 Å². The van der Waals surface area contributed by atoms with E-state index in [0.717, 1.165) is 56.6 Å². The molecule has 2 heterocycles. The van der Waals surface area contributed by atoms with Crippen LogP contribution in [-0.4, -0.2) is 51.5 Å². The average Bonchev–Trinajstić information content (AvgIpc) is 3.24. The molecule has 0 unspecified atom stereocenters. The third kappa shape index (κ3) is 5.26. The lowest BCUT2D eigenvalue weighted by molar-refractivity contribution is 0.0511. The molecule has 4 rings (SSSR count). The second kappa shape index (κ2) is 10.5. The number of benzene rings is 2. The van der Waals surface area contributed by atoms with Crippen molar-refractivity contribution in [3.05, 3.63) is 59.2 Å². The van der Waals surface area contributed by atoms with Crippen LogP contribution in [0.2, 0.25) is 0 Å². The zero-order chi connectivity index (χ0) is 21.0. The summed E-state index contributed by atoms with van der Waals surface area (Å²) >= 11 is 0. The fraction of sp³-hybridized carbons (Fsp3) is 0.458. The average molecular weight is 537 g/mol. The molecule has 2 aromatic rings. The minimum Gasteiger partial charge on any atom is -0.454 e. The molecule has 2 aliphatic rings. The number of guanidine groups is 1. The van der Waals surface area contributed by atoms with E-state index in [0.29, 0.717) is 6.79 Å². The Labute approximate surface area is 202 Å². The second-order valence-electron chi connectivity index (χ2n) is 8.14. The molecular weight excluding hydrogens is 505 g/mol. The maximum Gasteiger partial charge on any atom is 0.231 e. The number of rotatable bonds is 5. The largest absolute Gasteiger partial charge is 0.454 e. The van der Waals surface area contributed by atoms with Crippen LogP contribution in [0.15, 0.2) is 47.5 Å². The number of hydrogen-bond acceptors (Lipinski definition) is 4. The van der Waals surface area contributed by atoms with Gasteiger partial charge in [0.15, 0.2) is 17.5 Å². The van der Waals surface area contributed by atoms with E-state index in [9.17, 15) is 0 Å². The molecule has 0 aliphatic carbocycles. The molecule has 1 fully saturated rings. The first-order valence-electron chi connectivity index (χ1n) is 10.6. The van der Waals surface area contributed by atoms with Crippen LogP contribution < -0.4 is 14.8 Å². The van der Waals surface area contributed by atoms with Gasteiger partial charge in [0, 0.05) is 45.8 Å². The Bertz CT molecular complexity index is 913. The monoisotopic (exact) mass is 537 g/mol. The van der Waals surface area contributed by atoms with Gasteiger partial charge in [-0.3, -0.25) is 4.99 Å². The Morgan fingerprint density at radius 3 is 2.58 bits per heavy atom. The van der Waals surface area contributed by atoms with E-state index >= 15 is 0 Å². The van der Waals surface area contributed by atoms with Crippen molar-refractivity contribution in [2.45, 2.75) is 31.7 Å². The molecule has 2 aliphatic heterocycles. The molecule has 2 aromatic carbocycles. The van der Waals surface area contributed by atoms with Crippen molar-refractivity contribution in [2.75, 3.05) is 40.6 Å². The zero-order valence-corrected chi connectivity index (χ0v) is 20.8. The smallest absolute Gasteiger partial charge is 0.231 e. The van der Waals surface area contributed by atoms with Crippen molar-refractivity contribution in [3.63, 3.8) is 0 Å². The Morgan fingerprint density at radius 1 is 1.10 bits per heavy atom. The molecule has 0 radical (unpaired) electrons. The number of hydrogen-bond donors (Lipinski definition) is 1. The van der Waals surface area contributed by atoms with Crippen LogP contribution in [-0.2, 0) is 16.7 Å². The Kier molecular flexibility index (Phi) is 8.05. The van der Waals surface area contributed by atoms with E-state index in [1.807, 2.05) is 13.1 Å². The van der Waals surface area contributed by atoms with Crippen molar-refractivity contribution in [3.8, 4) is 11.5 Å². The van der Waals surface area contributed by atoms with Gasteiger partial charge in [-0.05, 0) is 48.6 Å². The molecule has 1 N–H and O–H groups in total. The van der Waals surface area contributed by atoms with Crippen molar-refractivity contribution in [1.29, 1.82) is 0 Å². The van der Waals surface area contributed by atoms with Crippen molar-refractivity contribution in [2.24, 2.45) is 4.99 Å². The summed E-state index contributed by atoms with van der Waals surface area (Å²) in [5, 5.41) is 3.63. The minimum absolute atomic E-state index is 0. The predicted molar refractivity (Wildman–Crippen MR) is 134 cm³/mol. The van der Waals surface area contributed by atoms with Gasteiger partial charge in [0.1, 0.15) is 0 Å². The van der Waals surface area contributed by atoms with Gasteiger partial charge in [0.05, 0.1) is 0 Å². The number of aryl methyl sites for hydroxylation is 1. The highest BCUT2D eigenvalue weighted by atomic mass is 127. The number of fused-ring (bicyclic) bond motifs is 1. The van der Waals surface area contributed by atoms with Crippen LogP contribution in [0.3, 0.4) is 0 Å². The summed E-state index contributed by atoms with van der Waals surface area (Å²) in [6.45, 7) is 5.56. The van der Waals surface area contributed by atoms with Gasteiger partial charge < -0.3 is 24.4 Å². The molecule has 1 saturated heterocycles. The van der Waals surface area contributed by atoms with Gasteiger partial charge in [-0.2, -0.15) is 0 Å². The molecule has 0 amide bonds. The third-order valence-electron chi connectivity index (χ3n) is 6.26. The van der Waals surface area contributed by atoms with Crippen molar-refractivity contribution in [1.82, 2.24) is 10.2 Å². The van der Waals surface area contributed by atoms with E-state index in [-0.39, 0.29) is 29.4 Å². The summed E-state index contributed by atoms with van der Waals surface area (Å²) in [6, 6.07) is 14.8. The first-order chi connectivity index (χ1) is 14.6. The summed E-state index contributed by atoms with van der Waals surface area (Å²) in [5.74, 6) is 2.55. The normalized spacial score (nSPS) is 17.1. The molecule has 0 atom stereocenters. The maximum absolute atomic E-state index is 5.69. The van der Waals surface area contributed by atoms with E-state index < -0.39 is 0 Å². The van der Waals surface area contributed by atoms with Gasteiger partial charge in [-0.1, -0.05) is 30.3 Å². The molecule has 0 aromatic heterocycles. The van der Waals surface area contributed by atoms with E-state index in [1.165, 1.54) is 16.7 Å². The highest BCUT2D eigenvalue weighted by Crippen LogP contribution is 2.40. The third-order valence-corrected chi connectivity index (χ3v) is 6.26. The Morgan fingerprint density at radius 2 is 1.84 bits per heavy atom. The quantitative estimate of drug-likeness (QED) is 0.354. The Balaban J connectivity index is 0.00000272. The molecule has 31 heavy (non-hydrogen) atoms. The van der Waals surface area contributed by atoms with Crippen LogP contribution >= 0.6 is 24.0 Å². The van der Waals surface area contributed by atoms with Crippen LogP contribution in [0.4, 0.5) is 0 Å². The molecule has 0 spiro atoms. The second-order valence-corrected chi connectivity index (χ2v) is 8.14. The number of nitrogens with zero attached hydrogens (tertiary/aromatic N) is 2. The lowest BCUT2D eigenvalue weighted by atomic mass is 9.74. The number of aliphatic imine (C=N–C) groups is 1. The number of halogens is 1. The molecule has 7 heteroatoms. The SMILES string of the molecule is CN=C(NCC1(c2ccc3c(c2)OCO3)CCOCC1)N(C)Cc1ccccc1C.I. The zero-order valence-electron chi connectivity index (χ0n) is 18.5. The summed E-state index contributed by atoms with van der Waals surface area (Å²) in [5.41, 5.74) is 3.83. The number of ether oxygens (including phenoxy) is 3. The Hall–Kier alpha value is -2.00. The fourth-order valence-electron chi connectivity index (χ4n) is 4.31. The summed E-state index contributed by atoms with van der Waals surface area (Å²) in [6.07, 6.45) is 1.91. The lowest BCUT2D eigenvalue weighted by Crippen LogP contribution is -2.48. The van der Waals surface area contributed by atoms with Gasteiger partial charge in [-0.25, -0.2) is 0 Å². The molecule has 0 bridgehead atoms. The van der Waals surface area contributed by atoms with E-state index in [4.69, 9.17) is 14.2 Å². The van der Waals surface area contributed by atoms with Crippen LogP contribution in [0.5, 0.6) is 11.5 Å². The van der Waals surface area contributed by atoms with E-state index in [2.05, 4.69) is 65.6 Å². The molecular formula is C24H32IN3O3. The van der Waals surface area contributed by atoms with Gasteiger partial charge in [0.2, 0.25) is 6.79 Å². The molecule has 168 valence electrons. The summed E-state index contributed by atoms with van der Waals surface area (Å²) < 4.78 is 16.8. The lowest BCUT2D eigenvalue weighted by Gasteiger charge is -2.39. The summed E-state index contributed by atoms with van der Waals surface area (Å²) in [7, 11) is 3.92.